The van der Waals surface area contributed by atoms with E-state index < -0.39 is 17.7 Å². The molecule has 1 atom stereocenters. The average Bonchev–Trinajstić information content (AvgIpc) is 2.87. The van der Waals surface area contributed by atoms with Gasteiger partial charge in [0, 0.05) is 12.1 Å². The van der Waals surface area contributed by atoms with Gasteiger partial charge in [0.1, 0.15) is 5.76 Å². The number of nitrogens with zero attached hydrogens (tertiary/aromatic N) is 1. The van der Waals surface area contributed by atoms with Crippen LogP contribution in [0, 0.1) is 12.8 Å². The van der Waals surface area contributed by atoms with Crippen LogP contribution < -0.4 is 0 Å². The fraction of sp³-hybridized carbons (Fsp3) is 0.273. The number of ketones is 1. The molecule has 1 aliphatic rings. The van der Waals surface area contributed by atoms with Crippen molar-refractivity contribution in [3.05, 3.63) is 76.9 Å². The Morgan fingerprint density at radius 2 is 1.65 bits per heavy atom. The van der Waals surface area contributed by atoms with Gasteiger partial charge in [-0.25, -0.2) is 0 Å². The van der Waals surface area contributed by atoms with E-state index >= 15 is 0 Å². The van der Waals surface area contributed by atoms with Gasteiger partial charge in [0.25, 0.3) is 11.7 Å². The Morgan fingerprint density at radius 1 is 1.04 bits per heavy atom. The zero-order valence-corrected chi connectivity index (χ0v) is 15.3. The highest BCUT2D eigenvalue weighted by atomic mass is 16.3. The van der Waals surface area contributed by atoms with Crippen molar-refractivity contribution in [1.29, 1.82) is 0 Å². The summed E-state index contributed by atoms with van der Waals surface area (Å²) in [5, 5.41) is 10.8. The number of carbonyl (C=O) groups excluding carboxylic acids is 2. The highest BCUT2D eigenvalue weighted by Gasteiger charge is 2.46. The molecule has 0 spiro atoms. The fourth-order valence-corrected chi connectivity index (χ4v) is 3.31. The number of benzene rings is 2. The third-order valence-corrected chi connectivity index (χ3v) is 4.54. The van der Waals surface area contributed by atoms with Gasteiger partial charge in [-0.3, -0.25) is 9.59 Å². The van der Waals surface area contributed by atoms with Gasteiger partial charge < -0.3 is 10.0 Å². The van der Waals surface area contributed by atoms with Crippen LogP contribution in [0.2, 0.25) is 0 Å². The second kappa shape index (κ2) is 7.16. The highest BCUT2D eigenvalue weighted by molar-refractivity contribution is 6.46. The molecule has 0 aliphatic carbocycles. The molecule has 2 aromatic rings. The first-order valence-corrected chi connectivity index (χ1v) is 8.80. The van der Waals surface area contributed by atoms with Crippen molar-refractivity contribution >= 4 is 17.4 Å². The molecule has 4 nitrogen and oxygen atoms in total. The minimum absolute atomic E-state index is 0.124. The van der Waals surface area contributed by atoms with Crippen LogP contribution in [0.5, 0.6) is 0 Å². The number of Topliss-reactive ketones (excluding diaryl/α,β-unsaturated/α-hetero) is 1. The Morgan fingerprint density at radius 3 is 2.23 bits per heavy atom. The molecule has 0 aromatic heterocycles. The summed E-state index contributed by atoms with van der Waals surface area (Å²) in [6, 6.07) is 16.1. The summed E-state index contributed by atoms with van der Waals surface area (Å²) >= 11 is 0. The zero-order chi connectivity index (χ0) is 18.8. The minimum Gasteiger partial charge on any atom is -0.507 e. The molecule has 1 aliphatic heterocycles. The van der Waals surface area contributed by atoms with Crippen molar-refractivity contribution in [2.24, 2.45) is 5.92 Å². The molecule has 2 aromatic carbocycles. The zero-order valence-electron chi connectivity index (χ0n) is 15.3. The van der Waals surface area contributed by atoms with Crippen molar-refractivity contribution < 1.29 is 14.7 Å². The van der Waals surface area contributed by atoms with Gasteiger partial charge in [0.15, 0.2) is 0 Å². The number of hydrogen-bond donors (Lipinski definition) is 1. The Bertz CT molecular complexity index is 851. The first-order valence-electron chi connectivity index (χ1n) is 8.80. The molecule has 0 bridgehead atoms. The lowest BCUT2D eigenvalue weighted by Gasteiger charge is -2.27. The van der Waals surface area contributed by atoms with Gasteiger partial charge in [-0.1, -0.05) is 74.0 Å². The van der Waals surface area contributed by atoms with Crippen LogP contribution in [0.25, 0.3) is 5.76 Å². The lowest BCUT2D eigenvalue weighted by Crippen LogP contribution is -2.33. The summed E-state index contributed by atoms with van der Waals surface area (Å²) in [6.45, 7) is 6.44. The second-order valence-corrected chi connectivity index (χ2v) is 7.12. The number of likely N-dealkylation sites (tertiary alicyclic amines) is 1. The molecular formula is C22H23NO3. The number of aliphatic hydroxyl groups excluding tert-OH is 1. The topological polar surface area (TPSA) is 57.6 Å². The summed E-state index contributed by atoms with van der Waals surface area (Å²) in [5.41, 5.74) is 2.61. The summed E-state index contributed by atoms with van der Waals surface area (Å²) in [5.74, 6) is -1.10. The van der Waals surface area contributed by atoms with Crippen LogP contribution in [0.1, 0.15) is 36.6 Å². The van der Waals surface area contributed by atoms with E-state index in [4.69, 9.17) is 0 Å². The number of rotatable bonds is 4. The van der Waals surface area contributed by atoms with Crippen molar-refractivity contribution in [1.82, 2.24) is 4.90 Å². The number of hydrogen-bond acceptors (Lipinski definition) is 3. The molecule has 1 N–H and O–H groups in total. The molecule has 1 fully saturated rings. The first-order chi connectivity index (χ1) is 12.4. The second-order valence-electron chi connectivity index (χ2n) is 7.12. The SMILES string of the molecule is Cc1ccc(C2C(=C(O)c3ccccc3)C(=O)C(=O)N2CC(C)C)cc1. The van der Waals surface area contributed by atoms with E-state index in [-0.39, 0.29) is 17.3 Å². The molecular weight excluding hydrogens is 326 g/mol. The third-order valence-electron chi connectivity index (χ3n) is 4.54. The van der Waals surface area contributed by atoms with Gasteiger partial charge in [-0.15, -0.1) is 0 Å². The smallest absolute Gasteiger partial charge is 0.295 e. The predicted octanol–water partition coefficient (Wildman–Crippen LogP) is 4.07. The Kier molecular flexibility index (Phi) is 4.94. The molecule has 1 unspecified atom stereocenters. The maximum Gasteiger partial charge on any atom is 0.295 e. The van der Waals surface area contributed by atoms with Crippen molar-refractivity contribution in [3.8, 4) is 0 Å². The predicted molar refractivity (Wildman–Crippen MR) is 101 cm³/mol. The van der Waals surface area contributed by atoms with Gasteiger partial charge in [0.2, 0.25) is 0 Å². The summed E-state index contributed by atoms with van der Waals surface area (Å²) in [7, 11) is 0. The largest absolute Gasteiger partial charge is 0.507 e. The van der Waals surface area contributed by atoms with E-state index in [1.54, 1.807) is 29.2 Å². The summed E-state index contributed by atoms with van der Waals surface area (Å²) < 4.78 is 0. The van der Waals surface area contributed by atoms with E-state index in [0.717, 1.165) is 11.1 Å². The molecule has 3 rings (SSSR count). The summed E-state index contributed by atoms with van der Waals surface area (Å²) in [4.78, 5) is 27.0. The van der Waals surface area contributed by atoms with Gasteiger partial charge in [-0.05, 0) is 18.4 Å². The average molecular weight is 349 g/mol. The summed E-state index contributed by atoms with van der Waals surface area (Å²) in [6.07, 6.45) is 0. The van der Waals surface area contributed by atoms with Crippen LogP contribution in [0.3, 0.4) is 0 Å². The number of carbonyl (C=O) groups is 2. The van der Waals surface area contributed by atoms with E-state index in [1.807, 2.05) is 51.1 Å². The van der Waals surface area contributed by atoms with Crippen LogP contribution in [0.15, 0.2) is 60.2 Å². The standard InChI is InChI=1S/C22H23NO3/c1-14(2)13-23-19(16-11-9-15(3)10-12-16)18(21(25)22(23)26)20(24)17-7-5-4-6-8-17/h4-12,14,19,24H,13H2,1-3H3. The van der Waals surface area contributed by atoms with Crippen LogP contribution in [0.4, 0.5) is 0 Å². The lowest BCUT2D eigenvalue weighted by molar-refractivity contribution is -0.140. The van der Waals surface area contributed by atoms with Gasteiger partial charge in [0.05, 0.1) is 11.6 Å². The lowest BCUT2D eigenvalue weighted by atomic mass is 9.94. The molecule has 0 radical (unpaired) electrons. The maximum atomic E-state index is 12.8. The quantitative estimate of drug-likeness (QED) is 0.514. The minimum atomic E-state index is -0.627. The van der Waals surface area contributed by atoms with E-state index in [0.29, 0.717) is 12.1 Å². The van der Waals surface area contributed by atoms with Crippen LogP contribution in [-0.2, 0) is 9.59 Å². The normalized spacial score (nSPS) is 19.4. The van der Waals surface area contributed by atoms with Crippen molar-refractivity contribution in [2.45, 2.75) is 26.8 Å². The first kappa shape index (κ1) is 17.9. The Labute approximate surface area is 153 Å². The molecule has 1 heterocycles. The Hall–Kier alpha value is -2.88. The molecule has 4 heteroatoms. The number of amides is 1. The molecule has 134 valence electrons. The monoisotopic (exact) mass is 349 g/mol. The fourth-order valence-electron chi connectivity index (χ4n) is 3.31. The van der Waals surface area contributed by atoms with Gasteiger partial charge >= 0.3 is 0 Å². The molecule has 0 saturated carbocycles. The maximum absolute atomic E-state index is 12.8. The van der Waals surface area contributed by atoms with Crippen LogP contribution in [-0.4, -0.2) is 28.2 Å². The van der Waals surface area contributed by atoms with E-state index in [9.17, 15) is 14.7 Å². The van der Waals surface area contributed by atoms with Crippen LogP contribution >= 0.6 is 0 Å². The number of aryl methyl sites for hydroxylation is 1. The molecule has 1 saturated heterocycles. The highest BCUT2D eigenvalue weighted by Crippen LogP contribution is 2.39. The van der Waals surface area contributed by atoms with E-state index in [1.165, 1.54) is 0 Å². The molecule has 1 amide bonds. The third kappa shape index (κ3) is 3.27. The van der Waals surface area contributed by atoms with E-state index in [2.05, 4.69) is 0 Å². The Balaban J connectivity index is 2.18. The van der Waals surface area contributed by atoms with Gasteiger partial charge in [-0.2, -0.15) is 0 Å². The van der Waals surface area contributed by atoms with Crippen molar-refractivity contribution in [2.75, 3.05) is 6.54 Å². The van der Waals surface area contributed by atoms with Crippen molar-refractivity contribution in [3.63, 3.8) is 0 Å². The molecule has 26 heavy (non-hydrogen) atoms. The number of aliphatic hydroxyl groups is 1.